The summed E-state index contributed by atoms with van der Waals surface area (Å²) >= 11 is 3.32. The van der Waals surface area contributed by atoms with Crippen LogP contribution < -0.4 is 5.73 Å². The summed E-state index contributed by atoms with van der Waals surface area (Å²) in [5.74, 6) is -0.357. The van der Waals surface area contributed by atoms with E-state index in [-0.39, 0.29) is 11.2 Å². The van der Waals surface area contributed by atoms with E-state index in [2.05, 4.69) is 15.9 Å². The van der Waals surface area contributed by atoms with E-state index < -0.39 is 6.10 Å². The lowest BCUT2D eigenvalue weighted by atomic mass is 9.68. The number of rotatable bonds is 3. The second kappa shape index (κ2) is 5.68. The van der Waals surface area contributed by atoms with E-state index >= 15 is 0 Å². The van der Waals surface area contributed by atoms with Gasteiger partial charge in [0.2, 0.25) is 0 Å². The number of hydrogen-bond acceptors (Lipinski definition) is 2. The van der Waals surface area contributed by atoms with Crippen LogP contribution in [0.5, 0.6) is 0 Å². The number of aliphatic hydroxyl groups is 1. The number of halogens is 2. The molecule has 0 amide bonds. The largest absolute Gasteiger partial charge is 0.388 e. The predicted molar refractivity (Wildman–Crippen MR) is 73.6 cm³/mol. The molecule has 1 unspecified atom stereocenters. The molecule has 2 rings (SSSR count). The van der Waals surface area contributed by atoms with Crippen molar-refractivity contribution >= 4 is 15.9 Å². The Balaban J connectivity index is 2.33. The lowest BCUT2D eigenvalue weighted by Gasteiger charge is -2.40. The van der Waals surface area contributed by atoms with Crippen LogP contribution >= 0.6 is 15.9 Å². The molecule has 1 fully saturated rings. The van der Waals surface area contributed by atoms with E-state index in [1.54, 1.807) is 12.1 Å². The van der Waals surface area contributed by atoms with Gasteiger partial charge in [0, 0.05) is 22.0 Å². The van der Waals surface area contributed by atoms with Gasteiger partial charge in [0.15, 0.2) is 0 Å². The maximum absolute atomic E-state index is 13.9. The molecular formula is C14H19BrFNO. The highest BCUT2D eigenvalue weighted by Gasteiger charge is 2.39. The normalized spacial score (nSPS) is 20.7. The molecule has 1 aromatic carbocycles. The topological polar surface area (TPSA) is 46.2 Å². The molecule has 18 heavy (non-hydrogen) atoms. The van der Waals surface area contributed by atoms with E-state index in [4.69, 9.17) is 5.73 Å². The average molecular weight is 316 g/mol. The zero-order valence-corrected chi connectivity index (χ0v) is 11.9. The van der Waals surface area contributed by atoms with Gasteiger partial charge in [-0.25, -0.2) is 4.39 Å². The van der Waals surface area contributed by atoms with Crippen LogP contribution in [0.3, 0.4) is 0 Å². The fraction of sp³-hybridized carbons (Fsp3) is 0.571. The predicted octanol–water partition coefficient (Wildman–Crippen LogP) is 3.53. The van der Waals surface area contributed by atoms with Gasteiger partial charge in [-0.15, -0.1) is 0 Å². The van der Waals surface area contributed by atoms with E-state index in [9.17, 15) is 9.50 Å². The summed E-state index contributed by atoms with van der Waals surface area (Å²) in [6.45, 7) is 0.403. The van der Waals surface area contributed by atoms with E-state index in [0.29, 0.717) is 12.1 Å². The van der Waals surface area contributed by atoms with Crippen molar-refractivity contribution in [1.82, 2.24) is 0 Å². The average Bonchev–Trinajstić information content (AvgIpc) is 2.41. The van der Waals surface area contributed by atoms with Crippen molar-refractivity contribution in [1.29, 1.82) is 0 Å². The van der Waals surface area contributed by atoms with Crippen molar-refractivity contribution in [2.24, 2.45) is 11.1 Å². The van der Waals surface area contributed by atoms with Crippen molar-refractivity contribution in [3.05, 3.63) is 34.1 Å². The second-order valence-corrected chi connectivity index (χ2v) is 6.11. The van der Waals surface area contributed by atoms with Crippen LogP contribution in [0.15, 0.2) is 22.7 Å². The minimum absolute atomic E-state index is 0.357. The Morgan fingerprint density at radius 1 is 1.33 bits per heavy atom. The third-order valence-electron chi connectivity index (χ3n) is 4.09. The maximum atomic E-state index is 13.9. The summed E-state index contributed by atoms with van der Waals surface area (Å²) < 4.78 is 14.6. The number of aliphatic hydroxyl groups excluding tert-OH is 1. The minimum Gasteiger partial charge on any atom is -0.388 e. The Hall–Kier alpha value is -0.450. The smallest absolute Gasteiger partial charge is 0.129 e. The molecule has 0 aliphatic heterocycles. The van der Waals surface area contributed by atoms with Crippen LogP contribution in [0.25, 0.3) is 0 Å². The number of benzene rings is 1. The molecule has 100 valence electrons. The van der Waals surface area contributed by atoms with E-state index in [1.165, 1.54) is 12.5 Å². The zero-order chi connectivity index (χ0) is 13.2. The maximum Gasteiger partial charge on any atom is 0.129 e. The lowest BCUT2D eigenvalue weighted by molar-refractivity contribution is -0.00157. The third-order valence-corrected chi connectivity index (χ3v) is 4.58. The fourth-order valence-corrected chi connectivity index (χ4v) is 3.28. The number of hydrogen-bond donors (Lipinski definition) is 2. The Labute approximate surface area is 116 Å². The standard InChI is InChI=1S/C14H19BrFNO/c15-10-4-5-12(16)11(8-10)13(18)14(9-17)6-2-1-3-7-14/h4-5,8,13,18H,1-3,6-7,9,17H2. The highest BCUT2D eigenvalue weighted by Crippen LogP contribution is 2.46. The summed E-state index contributed by atoms with van der Waals surface area (Å²) in [6.07, 6.45) is 4.22. The molecule has 2 nitrogen and oxygen atoms in total. The van der Waals surface area contributed by atoms with Gasteiger partial charge in [-0.3, -0.25) is 0 Å². The fourth-order valence-electron chi connectivity index (χ4n) is 2.90. The van der Waals surface area contributed by atoms with Crippen molar-refractivity contribution in [2.45, 2.75) is 38.2 Å². The van der Waals surface area contributed by atoms with Gasteiger partial charge in [0.05, 0.1) is 6.10 Å². The van der Waals surface area contributed by atoms with Crippen molar-refractivity contribution < 1.29 is 9.50 Å². The molecule has 0 saturated heterocycles. The minimum atomic E-state index is -0.819. The Kier molecular flexibility index (Phi) is 4.41. The van der Waals surface area contributed by atoms with Crippen molar-refractivity contribution in [2.75, 3.05) is 6.54 Å². The molecule has 0 aromatic heterocycles. The highest BCUT2D eigenvalue weighted by atomic mass is 79.9. The van der Waals surface area contributed by atoms with Gasteiger partial charge in [-0.05, 0) is 31.0 Å². The Bertz CT molecular complexity index is 418. The van der Waals surface area contributed by atoms with E-state index in [0.717, 1.165) is 30.2 Å². The molecule has 1 saturated carbocycles. The Morgan fingerprint density at radius 3 is 2.61 bits per heavy atom. The van der Waals surface area contributed by atoms with Gasteiger partial charge in [-0.2, -0.15) is 0 Å². The molecule has 0 spiro atoms. The summed E-state index contributed by atoms with van der Waals surface area (Å²) in [6, 6.07) is 4.68. The molecule has 1 aliphatic carbocycles. The van der Waals surface area contributed by atoms with Gasteiger partial charge >= 0.3 is 0 Å². The molecule has 0 radical (unpaired) electrons. The van der Waals surface area contributed by atoms with Crippen LogP contribution in [-0.2, 0) is 0 Å². The molecule has 4 heteroatoms. The molecule has 0 heterocycles. The third kappa shape index (κ3) is 2.60. The first kappa shape index (κ1) is 14.0. The van der Waals surface area contributed by atoms with Crippen LogP contribution in [-0.4, -0.2) is 11.7 Å². The zero-order valence-electron chi connectivity index (χ0n) is 10.3. The molecule has 3 N–H and O–H groups in total. The lowest BCUT2D eigenvalue weighted by Crippen LogP contribution is -2.39. The molecular weight excluding hydrogens is 297 g/mol. The van der Waals surface area contributed by atoms with Crippen LogP contribution in [0.1, 0.15) is 43.8 Å². The molecule has 1 atom stereocenters. The summed E-state index contributed by atoms with van der Waals surface area (Å²) in [4.78, 5) is 0. The molecule has 1 aromatic rings. The first-order chi connectivity index (χ1) is 8.59. The second-order valence-electron chi connectivity index (χ2n) is 5.20. The highest BCUT2D eigenvalue weighted by molar-refractivity contribution is 9.10. The Morgan fingerprint density at radius 2 is 2.00 bits per heavy atom. The van der Waals surface area contributed by atoms with Crippen molar-refractivity contribution in [3.8, 4) is 0 Å². The van der Waals surface area contributed by atoms with Crippen LogP contribution in [0, 0.1) is 11.2 Å². The first-order valence-corrected chi connectivity index (χ1v) is 7.21. The first-order valence-electron chi connectivity index (χ1n) is 6.42. The summed E-state index contributed by atoms with van der Waals surface area (Å²) in [7, 11) is 0. The summed E-state index contributed by atoms with van der Waals surface area (Å²) in [5, 5.41) is 10.6. The van der Waals surface area contributed by atoms with E-state index in [1.807, 2.05) is 0 Å². The quantitative estimate of drug-likeness (QED) is 0.896. The number of nitrogens with two attached hydrogens (primary N) is 1. The van der Waals surface area contributed by atoms with Crippen LogP contribution in [0.4, 0.5) is 4.39 Å². The monoisotopic (exact) mass is 315 g/mol. The van der Waals surface area contributed by atoms with Crippen LogP contribution in [0.2, 0.25) is 0 Å². The van der Waals surface area contributed by atoms with Crippen molar-refractivity contribution in [3.63, 3.8) is 0 Å². The van der Waals surface area contributed by atoms with Gasteiger partial charge in [0.1, 0.15) is 5.82 Å². The SMILES string of the molecule is NCC1(C(O)c2cc(Br)ccc2F)CCCCC1. The molecule has 1 aliphatic rings. The van der Waals surface area contributed by atoms with Gasteiger partial charge in [0.25, 0.3) is 0 Å². The summed E-state index contributed by atoms with van der Waals surface area (Å²) in [5.41, 5.74) is 5.87. The van der Waals surface area contributed by atoms with Gasteiger partial charge < -0.3 is 10.8 Å². The van der Waals surface area contributed by atoms with Gasteiger partial charge in [-0.1, -0.05) is 35.2 Å². The molecule has 0 bridgehead atoms.